The first-order valence-corrected chi connectivity index (χ1v) is 9.35. The molecule has 138 valence electrons. The zero-order valence-electron chi connectivity index (χ0n) is 14.1. The molecule has 2 aromatic rings. The first-order valence-electron chi connectivity index (χ1n) is 8.13. The molecule has 2 heterocycles. The van der Waals surface area contributed by atoms with E-state index in [1.54, 1.807) is 36.7 Å². The molecule has 1 N–H and O–H groups in total. The molecular weight excluding hydrogens is 387 g/mol. The minimum Gasteiger partial charge on any atom is -0.481 e. The van der Waals surface area contributed by atoms with Gasteiger partial charge in [0.25, 0.3) is 5.91 Å². The van der Waals surface area contributed by atoms with Gasteiger partial charge in [-0.05, 0) is 41.8 Å². The molecule has 0 spiro atoms. The van der Waals surface area contributed by atoms with Gasteiger partial charge in [0.15, 0.2) is 0 Å². The summed E-state index contributed by atoms with van der Waals surface area (Å²) in [5, 5.41) is 8.74. The van der Waals surface area contributed by atoms with Gasteiger partial charge >= 0.3 is 5.97 Å². The second-order valence-electron chi connectivity index (χ2n) is 5.80. The zero-order chi connectivity index (χ0) is 19.4. The zero-order valence-corrected chi connectivity index (χ0v) is 15.7. The fraction of sp³-hybridized carbons (Fsp3) is 0.158. The lowest BCUT2D eigenvalue weighted by Gasteiger charge is -2.13. The van der Waals surface area contributed by atoms with Crippen LogP contribution in [0.2, 0.25) is 0 Å². The average molecular weight is 402 g/mol. The van der Waals surface area contributed by atoms with Crippen molar-refractivity contribution < 1.29 is 19.1 Å². The van der Waals surface area contributed by atoms with E-state index in [9.17, 15) is 14.0 Å². The van der Waals surface area contributed by atoms with Crippen LogP contribution in [0.25, 0.3) is 17.2 Å². The number of aliphatic carboxylic acids is 1. The molecule has 0 saturated carbocycles. The highest BCUT2D eigenvalue weighted by molar-refractivity contribution is 8.26. The quantitative estimate of drug-likeness (QED) is 0.583. The van der Waals surface area contributed by atoms with Crippen LogP contribution in [0, 0.1) is 5.82 Å². The molecule has 0 aliphatic carbocycles. The van der Waals surface area contributed by atoms with Gasteiger partial charge in [0.05, 0.1) is 4.91 Å². The van der Waals surface area contributed by atoms with Gasteiger partial charge < -0.3 is 5.11 Å². The third-order valence-electron chi connectivity index (χ3n) is 3.94. The minimum atomic E-state index is -0.907. The number of aromatic nitrogens is 1. The molecule has 0 atom stereocenters. The van der Waals surface area contributed by atoms with Crippen LogP contribution in [0.4, 0.5) is 4.39 Å². The molecule has 1 fully saturated rings. The number of amides is 1. The SMILES string of the molecule is O=C(O)CCCN1C(=O)/C(=C/c2cnccc2-c2ccc(F)cc2)SC1=S. The topological polar surface area (TPSA) is 70.5 Å². The van der Waals surface area contributed by atoms with Crippen LogP contribution >= 0.6 is 24.0 Å². The molecule has 0 bridgehead atoms. The molecule has 8 heteroatoms. The van der Waals surface area contributed by atoms with Gasteiger partial charge in [-0.3, -0.25) is 19.5 Å². The Morgan fingerprint density at radius 3 is 2.74 bits per heavy atom. The number of nitrogens with zero attached hydrogens (tertiary/aromatic N) is 2. The normalized spacial score (nSPS) is 15.6. The molecule has 1 amide bonds. The van der Waals surface area contributed by atoms with Gasteiger partial charge in [0, 0.05) is 30.9 Å². The van der Waals surface area contributed by atoms with Gasteiger partial charge in [-0.2, -0.15) is 0 Å². The van der Waals surface area contributed by atoms with E-state index in [-0.39, 0.29) is 24.7 Å². The maximum atomic E-state index is 13.2. The Hall–Kier alpha value is -2.58. The number of hydrogen-bond acceptors (Lipinski definition) is 5. The molecule has 5 nitrogen and oxygen atoms in total. The predicted octanol–water partition coefficient (Wildman–Crippen LogP) is 3.95. The van der Waals surface area contributed by atoms with E-state index in [2.05, 4.69) is 4.98 Å². The Labute approximate surface area is 164 Å². The molecule has 0 radical (unpaired) electrons. The number of carbonyl (C=O) groups excluding carboxylic acids is 1. The van der Waals surface area contributed by atoms with Crippen molar-refractivity contribution in [3.8, 4) is 11.1 Å². The molecule has 1 aliphatic heterocycles. The molecule has 3 rings (SSSR count). The Balaban J connectivity index is 1.85. The molecule has 1 aromatic carbocycles. The number of halogens is 1. The highest BCUT2D eigenvalue weighted by atomic mass is 32.2. The highest BCUT2D eigenvalue weighted by Gasteiger charge is 2.31. The third kappa shape index (κ3) is 4.58. The average Bonchev–Trinajstić information content (AvgIpc) is 2.90. The highest BCUT2D eigenvalue weighted by Crippen LogP contribution is 2.34. The van der Waals surface area contributed by atoms with Crippen LogP contribution in [0.1, 0.15) is 18.4 Å². The first kappa shape index (κ1) is 19.2. The van der Waals surface area contributed by atoms with Gasteiger partial charge in [-0.25, -0.2) is 4.39 Å². The number of benzene rings is 1. The number of pyridine rings is 1. The number of carbonyl (C=O) groups is 2. The number of thioether (sulfide) groups is 1. The first-order chi connectivity index (χ1) is 13.0. The number of thiocarbonyl (C=S) groups is 1. The maximum absolute atomic E-state index is 13.2. The number of carboxylic acids is 1. The minimum absolute atomic E-state index is 0.0204. The number of rotatable bonds is 6. The predicted molar refractivity (Wildman–Crippen MR) is 106 cm³/mol. The van der Waals surface area contributed by atoms with Crippen molar-refractivity contribution in [2.75, 3.05) is 6.54 Å². The summed E-state index contributed by atoms with van der Waals surface area (Å²) in [5.41, 5.74) is 2.35. The lowest BCUT2D eigenvalue weighted by atomic mass is 10.0. The summed E-state index contributed by atoms with van der Waals surface area (Å²) in [5.74, 6) is -1.48. The second kappa shape index (κ2) is 8.41. The van der Waals surface area contributed by atoms with Crippen molar-refractivity contribution in [3.63, 3.8) is 0 Å². The van der Waals surface area contributed by atoms with Gasteiger partial charge in [-0.1, -0.05) is 36.1 Å². The number of hydrogen-bond donors (Lipinski definition) is 1. The summed E-state index contributed by atoms with van der Waals surface area (Å²) < 4.78 is 13.6. The van der Waals surface area contributed by atoms with Crippen LogP contribution in [0.3, 0.4) is 0 Å². The summed E-state index contributed by atoms with van der Waals surface area (Å²) >= 11 is 6.43. The summed E-state index contributed by atoms with van der Waals surface area (Å²) in [6.45, 7) is 0.270. The van der Waals surface area contributed by atoms with Gasteiger partial charge in [0.1, 0.15) is 10.1 Å². The van der Waals surface area contributed by atoms with Crippen molar-refractivity contribution in [3.05, 3.63) is 59.0 Å². The van der Waals surface area contributed by atoms with Crippen molar-refractivity contribution in [1.82, 2.24) is 9.88 Å². The van der Waals surface area contributed by atoms with Gasteiger partial charge in [-0.15, -0.1) is 0 Å². The summed E-state index contributed by atoms with van der Waals surface area (Å²) in [4.78, 5) is 29.3. The van der Waals surface area contributed by atoms with E-state index in [1.165, 1.54) is 28.8 Å². The van der Waals surface area contributed by atoms with Crippen molar-refractivity contribution in [1.29, 1.82) is 0 Å². The van der Waals surface area contributed by atoms with E-state index in [0.29, 0.717) is 15.6 Å². The Morgan fingerprint density at radius 1 is 1.30 bits per heavy atom. The van der Waals surface area contributed by atoms with Crippen LogP contribution in [-0.2, 0) is 9.59 Å². The third-order valence-corrected chi connectivity index (χ3v) is 5.32. The molecular formula is C19H15FN2O3S2. The van der Waals surface area contributed by atoms with Crippen LogP contribution in [0.5, 0.6) is 0 Å². The van der Waals surface area contributed by atoms with Gasteiger partial charge in [0.2, 0.25) is 0 Å². The lowest BCUT2D eigenvalue weighted by molar-refractivity contribution is -0.137. The standard InChI is InChI=1S/C19H15FN2O3S2/c20-14-5-3-12(4-6-14)15-7-8-21-11-13(15)10-16-18(25)22(19(26)27-16)9-1-2-17(23)24/h3-8,10-11H,1-2,9H2,(H,23,24)/b16-10-. The molecule has 27 heavy (non-hydrogen) atoms. The second-order valence-corrected chi connectivity index (χ2v) is 7.48. The fourth-order valence-corrected chi connectivity index (χ4v) is 3.94. The summed E-state index contributed by atoms with van der Waals surface area (Å²) in [6, 6.07) is 7.88. The van der Waals surface area contributed by atoms with E-state index >= 15 is 0 Å². The van der Waals surface area contributed by atoms with Crippen molar-refractivity contribution in [2.24, 2.45) is 0 Å². The molecule has 0 unspecified atom stereocenters. The largest absolute Gasteiger partial charge is 0.481 e. The van der Waals surface area contributed by atoms with Crippen LogP contribution in [0.15, 0.2) is 47.6 Å². The van der Waals surface area contributed by atoms with E-state index in [4.69, 9.17) is 17.3 Å². The van der Waals surface area contributed by atoms with E-state index in [0.717, 1.165) is 16.7 Å². The summed E-state index contributed by atoms with van der Waals surface area (Å²) in [6.07, 6.45) is 5.29. The lowest BCUT2D eigenvalue weighted by Crippen LogP contribution is -2.29. The monoisotopic (exact) mass is 402 g/mol. The Kier molecular flexibility index (Phi) is 5.98. The number of carboxylic acid groups (broad SMARTS) is 1. The van der Waals surface area contributed by atoms with Crippen LogP contribution < -0.4 is 0 Å². The maximum Gasteiger partial charge on any atom is 0.303 e. The van der Waals surface area contributed by atoms with Crippen molar-refractivity contribution >= 4 is 46.3 Å². The summed E-state index contributed by atoms with van der Waals surface area (Å²) in [7, 11) is 0. The van der Waals surface area contributed by atoms with Crippen molar-refractivity contribution in [2.45, 2.75) is 12.8 Å². The Morgan fingerprint density at radius 2 is 2.04 bits per heavy atom. The fourth-order valence-electron chi connectivity index (χ4n) is 2.64. The Bertz CT molecular complexity index is 929. The van der Waals surface area contributed by atoms with Crippen LogP contribution in [-0.4, -0.2) is 37.7 Å². The van der Waals surface area contributed by atoms with E-state index < -0.39 is 5.97 Å². The molecule has 1 aromatic heterocycles. The molecule has 1 saturated heterocycles. The van der Waals surface area contributed by atoms with E-state index in [1.807, 2.05) is 0 Å². The molecule has 1 aliphatic rings. The smallest absolute Gasteiger partial charge is 0.303 e.